The number of hydrogen-bond acceptors (Lipinski definition) is 6. The lowest BCUT2D eigenvalue weighted by Crippen LogP contribution is -2.49. The number of carbonyl (C=O) groups excluding carboxylic acids is 2. The number of oxazole rings is 1. The maximum atomic E-state index is 12.5. The molecule has 0 spiro atoms. The first-order valence-corrected chi connectivity index (χ1v) is 10.3. The molecule has 2 aromatic carbocycles. The van der Waals surface area contributed by atoms with Gasteiger partial charge in [-0.25, -0.2) is 9.59 Å². The van der Waals surface area contributed by atoms with E-state index in [0.717, 1.165) is 5.56 Å². The molecule has 1 saturated heterocycles. The Morgan fingerprint density at radius 3 is 2.55 bits per heavy atom. The number of rotatable bonds is 6. The summed E-state index contributed by atoms with van der Waals surface area (Å²) in [6.45, 7) is 5.42. The van der Waals surface area contributed by atoms with Crippen LogP contribution >= 0.6 is 0 Å². The lowest BCUT2D eigenvalue weighted by atomic mass is 10.1. The summed E-state index contributed by atoms with van der Waals surface area (Å²) in [6, 6.07) is 12.9. The van der Waals surface area contributed by atoms with Gasteiger partial charge in [-0.05, 0) is 30.7 Å². The van der Waals surface area contributed by atoms with Crippen molar-refractivity contribution in [3.63, 3.8) is 0 Å². The van der Waals surface area contributed by atoms with Crippen LogP contribution in [0.3, 0.4) is 0 Å². The molecule has 8 nitrogen and oxygen atoms in total. The molecule has 1 aliphatic rings. The number of ketones is 1. The molecule has 1 fully saturated rings. The van der Waals surface area contributed by atoms with Gasteiger partial charge < -0.3 is 14.1 Å². The summed E-state index contributed by atoms with van der Waals surface area (Å²) in [6.07, 6.45) is 0.0514. The van der Waals surface area contributed by atoms with Gasteiger partial charge in [-0.3, -0.25) is 14.7 Å². The Hall–Kier alpha value is -3.39. The summed E-state index contributed by atoms with van der Waals surface area (Å²) in [4.78, 5) is 42.5. The molecule has 8 heteroatoms. The van der Waals surface area contributed by atoms with Gasteiger partial charge in [0.05, 0.1) is 5.52 Å². The first-order chi connectivity index (χ1) is 15.0. The van der Waals surface area contributed by atoms with Crippen molar-refractivity contribution in [1.29, 1.82) is 0 Å². The third-order valence-corrected chi connectivity index (χ3v) is 5.51. The van der Waals surface area contributed by atoms with Gasteiger partial charge >= 0.3 is 11.8 Å². The first-order valence-electron chi connectivity index (χ1n) is 10.3. The quantitative estimate of drug-likeness (QED) is 0.613. The van der Waals surface area contributed by atoms with Crippen LogP contribution in [-0.4, -0.2) is 59.4 Å². The number of nitrogens with one attached hydrogen (secondary N) is 1. The van der Waals surface area contributed by atoms with Crippen LogP contribution in [0.15, 0.2) is 51.7 Å². The number of hydrogen-bond donors (Lipinski definition) is 1. The van der Waals surface area contributed by atoms with Crippen molar-refractivity contribution in [2.75, 3.05) is 32.7 Å². The number of ether oxygens (including phenoxy) is 1. The van der Waals surface area contributed by atoms with E-state index in [-0.39, 0.29) is 18.5 Å². The zero-order chi connectivity index (χ0) is 21.8. The fourth-order valence-corrected chi connectivity index (χ4v) is 3.60. The zero-order valence-corrected chi connectivity index (χ0v) is 17.4. The molecule has 4 rings (SSSR count). The van der Waals surface area contributed by atoms with Gasteiger partial charge in [-0.2, -0.15) is 0 Å². The second-order valence-electron chi connectivity index (χ2n) is 7.77. The molecule has 0 bridgehead atoms. The standard InChI is InChI=1S/C23H25N3O5/c1-16-2-4-17(5-3-16)15-30-23(29)26-12-10-25(11-13-26)9-8-20(27)18-6-7-19-21(14-18)31-22(28)24-19/h2-7,14H,8-13,15H2,1H3,(H,24,28). The molecule has 0 saturated carbocycles. The minimum absolute atomic E-state index is 0.00862. The molecule has 0 radical (unpaired) electrons. The summed E-state index contributed by atoms with van der Waals surface area (Å²) in [5.41, 5.74) is 3.61. The number of amides is 1. The number of Topliss-reactive ketones (excluding diaryl/α,β-unsaturated/α-hetero) is 1. The lowest BCUT2D eigenvalue weighted by molar-refractivity contribution is 0.0696. The van der Waals surface area contributed by atoms with E-state index in [0.29, 0.717) is 55.8 Å². The van der Waals surface area contributed by atoms with Crippen LogP contribution in [0.1, 0.15) is 27.9 Å². The van der Waals surface area contributed by atoms with Gasteiger partial charge in [0.15, 0.2) is 11.4 Å². The molecule has 1 N–H and O–H groups in total. The van der Waals surface area contributed by atoms with Crippen molar-refractivity contribution in [3.05, 3.63) is 69.7 Å². The van der Waals surface area contributed by atoms with Crippen molar-refractivity contribution in [3.8, 4) is 0 Å². The van der Waals surface area contributed by atoms with Gasteiger partial charge in [0, 0.05) is 44.7 Å². The highest BCUT2D eigenvalue weighted by atomic mass is 16.6. The van der Waals surface area contributed by atoms with Crippen LogP contribution in [0, 0.1) is 6.92 Å². The molecule has 2 heterocycles. The van der Waals surface area contributed by atoms with E-state index in [1.165, 1.54) is 5.56 Å². The number of aromatic nitrogens is 1. The van der Waals surface area contributed by atoms with Crippen molar-refractivity contribution >= 4 is 23.0 Å². The van der Waals surface area contributed by atoms with E-state index < -0.39 is 5.76 Å². The van der Waals surface area contributed by atoms with Crippen LogP contribution in [-0.2, 0) is 11.3 Å². The third kappa shape index (κ3) is 5.21. The Morgan fingerprint density at radius 1 is 1.06 bits per heavy atom. The predicted octanol–water partition coefficient (Wildman–Crippen LogP) is 2.96. The minimum Gasteiger partial charge on any atom is -0.445 e. The van der Waals surface area contributed by atoms with E-state index in [9.17, 15) is 14.4 Å². The average molecular weight is 423 g/mol. The van der Waals surface area contributed by atoms with Gasteiger partial charge in [-0.15, -0.1) is 0 Å². The summed E-state index contributed by atoms with van der Waals surface area (Å²) in [7, 11) is 0. The van der Waals surface area contributed by atoms with Crippen LogP contribution in [0.5, 0.6) is 0 Å². The van der Waals surface area contributed by atoms with Gasteiger partial charge in [0.25, 0.3) is 0 Å². The molecular weight excluding hydrogens is 398 g/mol. The lowest BCUT2D eigenvalue weighted by Gasteiger charge is -2.33. The van der Waals surface area contributed by atoms with Crippen molar-refractivity contribution in [2.24, 2.45) is 0 Å². The summed E-state index contributed by atoms with van der Waals surface area (Å²) in [5, 5.41) is 0. The van der Waals surface area contributed by atoms with Gasteiger partial charge in [0.2, 0.25) is 0 Å². The molecule has 1 aromatic heterocycles. The largest absolute Gasteiger partial charge is 0.445 e. The van der Waals surface area contributed by atoms with E-state index >= 15 is 0 Å². The number of benzene rings is 2. The highest BCUT2D eigenvalue weighted by Gasteiger charge is 2.22. The van der Waals surface area contributed by atoms with Crippen molar-refractivity contribution in [2.45, 2.75) is 20.0 Å². The molecule has 162 valence electrons. The molecule has 1 aliphatic heterocycles. The number of carbonyl (C=O) groups is 2. The normalized spacial score (nSPS) is 14.7. The molecule has 3 aromatic rings. The minimum atomic E-state index is -0.533. The summed E-state index contributed by atoms with van der Waals surface area (Å²) < 4.78 is 10.4. The topological polar surface area (TPSA) is 95.9 Å². The predicted molar refractivity (Wildman–Crippen MR) is 115 cm³/mol. The summed E-state index contributed by atoms with van der Waals surface area (Å²) in [5.74, 6) is -0.541. The summed E-state index contributed by atoms with van der Waals surface area (Å²) >= 11 is 0. The number of nitrogens with zero attached hydrogens (tertiary/aromatic N) is 2. The number of H-pyrrole nitrogens is 1. The van der Waals surface area contributed by atoms with Crippen LogP contribution in [0.4, 0.5) is 4.79 Å². The van der Waals surface area contributed by atoms with Crippen LogP contribution in [0.2, 0.25) is 0 Å². The van der Waals surface area contributed by atoms with E-state index in [1.807, 2.05) is 31.2 Å². The first kappa shape index (κ1) is 20.9. The fraction of sp³-hybridized carbons (Fsp3) is 0.348. The average Bonchev–Trinajstić information content (AvgIpc) is 3.16. The Kier molecular flexibility index (Phi) is 6.18. The molecule has 0 unspecified atom stereocenters. The molecular formula is C23H25N3O5. The van der Waals surface area contributed by atoms with Gasteiger partial charge in [-0.1, -0.05) is 29.8 Å². The van der Waals surface area contributed by atoms with Crippen LogP contribution < -0.4 is 5.76 Å². The highest BCUT2D eigenvalue weighted by Crippen LogP contribution is 2.15. The highest BCUT2D eigenvalue weighted by molar-refractivity contribution is 5.98. The number of aromatic amines is 1. The van der Waals surface area contributed by atoms with Crippen molar-refractivity contribution < 1.29 is 18.7 Å². The molecule has 0 aliphatic carbocycles. The van der Waals surface area contributed by atoms with Crippen molar-refractivity contribution in [1.82, 2.24) is 14.8 Å². The molecule has 31 heavy (non-hydrogen) atoms. The maximum absolute atomic E-state index is 12.5. The number of fused-ring (bicyclic) bond motifs is 1. The Bertz CT molecular complexity index is 1120. The Labute approximate surface area is 179 Å². The van der Waals surface area contributed by atoms with Gasteiger partial charge in [0.1, 0.15) is 6.61 Å². The number of piperazine rings is 1. The second kappa shape index (κ2) is 9.18. The number of aryl methyl sites for hydroxylation is 1. The second-order valence-corrected chi connectivity index (χ2v) is 7.77. The van der Waals surface area contributed by atoms with Crippen LogP contribution in [0.25, 0.3) is 11.1 Å². The smallest absolute Gasteiger partial charge is 0.417 e. The van der Waals surface area contributed by atoms with E-state index in [1.54, 1.807) is 23.1 Å². The molecule has 0 atom stereocenters. The molecule has 1 amide bonds. The fourth-order valence-electron chi connectivity index (χ4n) is 3.60. The zero-order valence-electron chi connectivity index (χ0n) is 17.4. The van der Waals surface area contributed by atoms with E-state index in [2.05, 4.69) is 9.88 Å². The SMILES string of the molecule is Cc1ccc(COC(=O)N2CCN(CCC(=O)c3ccc4[nH]c(=O)oc4c3)CC2)cc1. The maximum Gasteiger partial charge on any atom is 0.417 e. The Balaban J connectivity index is 1.21. The monoisotopic (exact) mass is 423 g/mol. The third-order valence-electron chi connectivity index (χ3n) is 5.51. The van der Waals surface area contributed by atoms with E-state index in [4.69, 9.17) is 9.15 Å². The Morgan fingerprint density at radius 2 is 1.81 bits per heavy atom.